The van der Waals surface area contributed by atoms with Crippen LogP contribution in [0, 0.1) is 0 Å². The molecule has 1 unspecified atom stereocenters. The van der Waals surface area contributed by atoms with Crippen molar-refractivity contribution in [2.24, 2.45) is 5.73 Å². The van der Waals surface area contributed by atoms with Gasteiger partial charge in [-0.2, -0.15) is 0 Å². The zero-order valence-electron chi connectivity index (χ0n) is 8.28. The molecule has 0 aromatic carbocycles. The standard InChI is InChI=1S/C10H17N3S/c11-9(10-2-1-7-14-10)8-13-5-3-12-4-6-13/h1-2,7,9,12H,3-6,8,11H2. The average molecular weight is 211 g/mol. The first kappa shape index (κ1) is 10.1. The molecule has 0 aliphatic carbocycles. The number of rotatable bonds is 3. The summed E-state index contributed by atoms with van der Waals surface area (Å²) in [6, 6.07) is 4.38. The highest BCUT2D eigenvalue weighted by molar-refractivity contribution is 7.10. The molecule has 1 aromatic rings. The molecule has 1 saturated heterocycles. The summed E-state index contributed by atoms with van der Waals surface area (Å²) in [7, 11) is 0. The Kier molecular flexibility index (Phi) is 3.53. The lowest BCUT2D eigenvalue weighted by atomic mass is 10.2. The molecule has 1 aliphatic rings. The number of thiophene rings is 1. The van der Waals surface area contributed by atoms with E-state index in [9.17, 15) is 0 Å². The Labute approximate surface area is 88.9 Å². The monoisotopic (exact) mass is 211 g/mol. The second kappa shape index (κ2) is 4.89. The molecule has 14 heavy (non-hydrogen) atoms. The largest absolute Gasteiger partial charge is 0.322 e. The highest BCUT2D eigenvalue weighted by Crippen LogP contribution is 2.17. The SMILES string of the molecule is NC(CN1CCNCC1)c1cccs1. The molecular formula is C10H17N3S. The van der Waals surface area contributed by atoms with E-state index < -0.39 is 0 Å². The molecule has 1 atom stereocenters. The summed E-state index contributed by atoms with van der Waals surface area (Å²) in [5, 5.41) is 5.43. The predicted octanol–water partition coefficient (Wildman–Crippen LogP) is 0.653. The third kappa shape index (κ3) is 2.54. The zero-order chi connectivity index (χ0) is 9.80. The van der Waals surface area contributed by atoms with Gasteiger partial charge in [0.25, 0.3) is 0 Å². The average Bonchev–Trinajstić information content (AvgIpc) is 2.72. The lowest BCUT2D eigenvalue weighted by Crippen LogP contribution is -2.45. The number of nitrogens with two attached hydrogens (primary N) is 1. The second-order valence-electron chi connectivity index (χ2n) is 3.67. The van der Waals surface area contributed by atoms with Crippen LogP contribution in [-0.4, -0.2) is 37.6 Å². The molecule has 1 aliphatic heterocycles. The van der Waals surface area contributed by atoms with Crippen LogP contribution in [0.15, 0.2) is 17.5 Å². The van der Waals surface area contributed by atoms with Crippen molar-refractivity contribution in [1.29, 1.82) is 0 Å². The Morgan fingerprint density at radius 1 is 1.50 bits per heavy atom. The van der Waals surface area contributed by atoms with Gasteiger partial charge >= 0.3 is 0 Å². The molecular weight excluding hydrogens is 194 g/mol. The summed E-state index contributed by atoms with van der Waals surface area (Å²) in [4.78, 5) is 3.73. The molecule has 78 valence electrons. The molecule has 4 heteroatoms. The number of hydrogen-bond donors (Lipinski definition) is 2. The normalized spacial score (nSPS) is 20.9. The topological polar surface area (TPSA) is 41.3 Å². The van der Waals surface area contributed by atoms with Gasteiger partial charge in [-0.15, -0.1) is 11.3 Å². The van der Waals surface area contributed by atoms with Gasteiger partial charge in [0.15, 0.2) is 0 Å². The van der Waals surface area contributed by atoms with Crippen LogP contribution in [0.2, 0.25) is 0 Å². The van der Waals surface area contributed by atoms with Crippen molar-refractivity contribution in [3.05, 3.63) is 22.4 Å². The fraction of sp³-hybridized carbons (Fsp3) is 0.600. The van der Waals surface area contributed by atoms with E-state index in [1.54, 1.807) is 11.3 Å². The highest BCUT2D eigenvalue weighted by Gasteiger charge is 2.14. The molecule has 2 rings (SSSR count). The smallest absolute Gasteiger partial charge is 0.0519 e. The third-order valence-electron chi connectivity index (χ3n) is 2.57. The maximum Gasteiger partial charge on any atom is 0.0519 e. The van der Waals surface area contributed by atoms with Gasteiger partial charge in [-0.25, -0.2) is 0 Å². The van der Waals surface area contributed by atoms with Gasteiger partial charge in [0.05, 0.1) is 6.04 Å². The molecule has 0 saturated carbocycles. The van der Waals surface area contributed by atoms with Crippen molar-refractivity contribution in [3.8, 4) is 0 Å². The summed E-state index contributed by atoms with van der Waals surface area (Å²) in [5.74, 6) is 0. The molecule has 0 radical (unpaired) electrons. The van der Waals surface area contributed by atoms with E-state index >= 15 is 0 Å². The maximum absolute atomic E-state index is 6.12. The Hall–Kier alpha value is -0.420. The molecule has 1 aromatic heterocycles. The van der Waals surface area contributed by atoms with Crippen molar-refractivity contribution < 1.29 is 0 Å². The van der Waals surface area contributed by atoms with Gasteiger partial charge in [-0.1, -0.05) is 6.07 Å². The van der Waals surface area contributed by atoms with Crippen LogP contribution in [-0.2, 0) is 0 Å². The van der Waals surface area contributed by atoms with E-state index in [0.29, 0.717) is 0 Å². The Morgan fingerprint density at radius 3 is 2.93 bits per heavy atom. The molecule has 0 bridgehead atoms. The van der Waals surface area contributed by atoms with Crippen LogP contribution >= 0.6 is 11.3 Å². The van der Waals surface area contributed by atoms with Crippen molar-refractivity contribution >= 4 is 11.3 Å². The summed E-state index contributed by atoms with van der Waals surface area (Å²) < 4.78 is 0. The summed E-state index contributed by atoms with van der Waals surface area (Å²) >= 11 is 1.75. The highest BCUT2D eigenvalue weighted by atomic mass is 32.1. The fourth-order valence-corrected chi connectivity index (χ4v) is 2.48. The minimum Gasteiger partial charge on any atom is -0.322 e. The number of hydrogen-bond acceptors (Lipinski definition) is 4. The van der Waals surface area contributed by atoms with Gasteiger partial charge < -0.3 is 11.1 Å². The van der Waals surface area contributed by atoms with Crippen LogP contribution in [0.25, 0.3) is 0 Å². The van der Waals surface area contributed by atoms with Crippen molar-refractivity contribution in [3.63, 3.8) is 0 Å². The minimum atomic E-state index is 0.188. The minimum absolute atomic E-state index is 0.188. The van der Waals surface area contributed by atoms with Crippen LogP contribution in [0.4, 0.5) is 0 Å². The lowest BCUT2D eigenvalue weighted by Gasteiger charge is -2.29. The predicted molar refractivity (Wildman–Crippen MR) is 60.6 cm³/mol. The van der Waals surface area contributed by atoms with E-state index in [1.807, 2.05) is 0 Å². The second-order valence-corrected chi connectivity index (χ2v) is 4.65. The Balaban J connectivity index is 1.84. The summed E-state index contributed by atoms with van der Waals surface area (Å²) in [6.45, 7) is 5.43. The van der Waals surface area contributed by atoms with Gasteiger partial charge in [-0.3, -0.25) is 4.90 Å². The molecule has 3 N–H and O–H groups in total. The van der Waals surface area contributed by atoms with E-state index in [4.69, 9.17) is 5.73 Å². The van der Waals surface area contributed by atoms with Crippen LogP contribution in [0.1, 0.15) is 10.9 Å². The third-order valence-corrected chi connectivity index (χ3v) is 3.58. The Bertz CT molecular complexity index is 254. The van der Waals surface area contributed by atoms with Crippen molar-refractivity contribution in [2.75, 3.05) is 32.7 Å². The van der Waals surface area contributed by atoms with Crippen molar-refractivity contribution in [2.45, 2.75) is 6.04 Å². The van der Waals surface area contributed by atoms with Gasteiger partial charge in [0.2, 0.25) is 0 Å². The number of piperazine rings is 1. The fourth-order valence-electron chi connectivity index (χ4n) is 1.76. The number of nitrogens with one attached hydrogen (secondary N) is 1. The molecule has 3 nitrogen and oxygen atoms in total. The van der Waals surface area contributed by atoms with Crippen LogP contribution in [0.5, 0.6) is 0 Å². The molecule has 2 heterocycles. The molecule has 0 spiro atoms. The van der Waals surface area contributed by atoms with Gasteiger partial charge in [-0.05, 0) is 11.4 Å². The summed E-state index contributed by atoms with van der Waals surface area (Å²) in [5.41, 5.74) is 6.12. The van der Waals surface area contributed by atoms with E-state index in [1.165, 1.54) is 4.88 Å². The van der Waals surface area contributed by atoms with E-state index in [0.717, 1.165) is 32.7 Å². The zero-order valence-corrected chi connectivity index (χ0v) is 9.09. The van der Waals surface area contributed by atoms with Crippen molar-refractivity contribution in [1.82, 2.24) is 10.2 Å². The first-order chi connectivity index (χ1) is 6.86. The molecule has 0 amide bonds. The van der Waals surface area contributed by atoms with E-state index in [-0.39, 0.29) is 6.04 Å². The first-order valence-corrected chi connectivity index (χ1v) is 5.96. The van der Waals surface area contributed by atoms with Crippen LogP contribution < -0.4 is 11.1 Å². The first-order valence-electron chi connectivity index (χ1n) is 5.08. The molecule has 1 fully saturated rings. The van der Waals surface area contributed by atoms with Gasteiger partial charge in [0.1, 0.15) is 0 Å². The Morgan fingerprint density at radius 2 is 2.29 bits per heavy atom. The van der Waals surface area contributed by atoms with Gasteiger partial charge in [0, 0.05) is 37.6 Å². The lowest BCUT2D eigenvalue weighted by molar-refractivity contribution is 0.229. The maximum atomic E-state index is 6.12. The number of nitrogens with zero attached hydrogens (tertiary/aromatic N) is 1. The summed E-state index contributed by atoms with van der Waals surface area (Å²) in [6.07, 6.45) is 0. The van der Waals surface area contributed by atoms with E-state index in [2.05, 4.69) is 27.7 Å². The quantitative estimate of drug-likeness (QED) is 0.771. The van der Waals surface area contributed by atoms with Crippen LogP contribution in [0.3, 0.4) is 0 Å².